The van der Waals surface area contributed by atoms with Crippen molar-refractivity contribution >= 4 is 11.3 Å². The van der Waals surface area contributed by atoms with Crippen molar-refractivity contribution < 1.29 is 0 Å². The second-order valence-electron chi connectivity index (χ2n) is 2.13. The first-order valence-corrected chi connectivity index (χ1v) is 4.47. The van der Waals surface area contributed by atoms with Gasteiger partial charge in [0.25, 0.3) is 0 Å². The van der Waals surface area contributed by atoms with Crippen LogP contribution in [0.2, 0.25) is 0 Å². The van der Waals surface area contributed by atoms with Crippen LogP contribution in [0.15, 0.2) is 42.3 Å². The normalized spacial score (nSPS) is 8.42. The monoisotopic (exact) mass is 178 g/mol. The quantitative estimate of drug-likeness (QED) is 0.619. The van der Waals surface area contributed by atoms with E-state index in [1.807, 2.05) is 0 Å². The maximum Gasteiger partial charge on any atom is 0.115 e. The highest BCUT2D eigenvalue weighted by molar-refractivity contribution is 7.09. The smallest absolute Gasteiger partial charge is 0.115 e. The van der Waals surface area contributed by atoms with Crippen LogP contribution in [0, 0.1) is 6.92 Å². The molecule has 62 valence electrons. The van der Waals surface area contributed by atoms with Gasteiger partial charge >= 0.3 is 0 Å². The minimum Gasteiger partial charge on any atom is -0.245 e. The number of thiophene rings is 1. The first-order valence-electron chi connectivity index (χ1n) is 3.59. The first-order chi connectivity index (χ1) is 5.89. The molecule has 0 unspecified atom stereocenters. The second kappa shape index (κ2) is 5.43. The van der Waals surface area contributed by atoms with Gasteiger partial charge in [-0.25, -0.2) is 9.97 Å². The molecule has 0 atom stereocenters. The summed E-state index contributed by atoms with van der Waals surface area (Å²) in [5, 5.41) is 2.08. The summed E-state index contributed by atoms with van der Waals surface area (Å²) < 4.78 is 0. The molecule has 0 bridgehead atoms. The first kappa shape index (κ1) is 8.87. The molecule has 0 radical (unpaired) electrons. The predicted molar refractivity (Wildman–Crippen MR) is 51.1 cm³/mol. The standard InChI is InChI=1S/C5H6S.C4H4N2/c1-5-3-2-4-6-5;1-2-5-4-6-3-1/h2-4H,1H3;1-4H. The molecule has 2 aromatic rings. The molecule has 0 N–H and O–H groups in total. The molecule has 0 aromatic carbocycles. The van der Waals surface area contributed by atoms with Crippen LogP contribution in [0.25, 0.3) is 0 Å². The SMILES string of the molecule is Cc1cccs1.c1cncnc1. The zero-order chi connectivity index (χ0) is 8.65. The Bertz CT molecular complexity index is 252. The molecule has 3 heteroatoms. The molecule has 0 aliphatic rings. The third kappa shape index (κ3) is 3.83. The van der Waals surface area contributed by atoms with E-state index in [0.29, 0.717) is 0 Å². The third-order valence-corrected chi connectivity index (χ3v) is 1.94. The van der Waals surface area contributed by atoms with Crippen molar-refractivity contribution in [3.05, 3.63) is 47.2 Å². The second-order valence-corrected chi connectivity index (χ2v) is 3.28. The van der Waals surface area contributed by atoms with Crippen LogP contribution in [0.4, 0.5) is 0 Å². The average Bonchev–Trinajstić information content (AvgIpc) is 2.60. The van der Waals surface area contributed by atoms with Gasteiger partial charge in [0.2, 0.25) is 0 Å². The van der Waals surface area contributed by atoms with Crippen LogP contribution in [-0.2, 0) is 0 Å². The largest absolute Gasteiger partial charge is 0.245 e. The lowest BCUT2D eigenvalue weighted by atomic mass is 10.5. The number of rotatable bonds is 0. The molecule has 2 nitrogen and oxygen atoms in total. The van der Waals surface area contributed by atoms with E-state index in [1.54, 1.807) is 29.8 Å². The van der Waals surface area contributed by atoms with Crippen LogP contribution < -0.4 is 0 Å². The molecule has 2 rings (SSSR count). The van der Waals surface area contributed by atoms with Crippen molar-refractivity contribution in [3.8, 4) is 0 Å². The van der Waals surface area contributed by atoms with Gasteiger partial charge in [0.05, 0.1) is 0 Å². The molecular weight excluding hydrogens is 168 g/mol. The van der Waals surface area contributed by atoms with Gasteiger partial charge in [-0.05, 0) is 24.4 Å². The fraction of sp³-hybridized carbons (Fsp3) is 0.111. The number of aromatic nitrogens is 2. The van der Waals surface area contributed by atoms with E-state index in [9.17, 15) is 0 Å². The van der Waals surface area contributed by atoms with Gasteiger partial charge in [-0.2, -0.15) is 0 Å². The summed E-state index contributed by atoms with van der Waals surface area (Å²) in [5.74, 6) is 0. The van der Waals surface area contributed by atoms with Crippen LogP contribution in [-0.4, -0.2) is 9.97 Å². The molecule has 0 aliphatic heterocycles. The summed E-state index contributed by atoms with van der Waals surface area (Å²) in [7, 11) is 0. The summed E-state index contributed by atoms with van der Waals surface area (Å²) in [6, 6.07) is 5.94. The van der Waals surface area contributed by atoms with Crippen molar-refractivity contribution in [2.24, 2.45) is 0 Å². The van der Waals surface area contributed by atoms with Gasteiger partial charge < -0.3 is 0 Å². The zero-order valence-electron chi connectivity index (χ0n) is 6.84. The van der Waals surface area contributed by atoms with E-state index in [2.05, 4.69) is 34.4 Å². The summed E-state index contributed by atoms with van der Waals surface area (Å²) in [6.45, 7) is 2.10. The van der Waals surface area contributed by atoms with Crippen molar-refractivity contribution in [1.29, 1.82) is 0 Å². The molecule has 2 heterocycles. The lowest BCUT2D eigenvalue weighted by molar-refractivity contribution is 1.17. The lowest BCUT2D eigenvalue weighted by Gasteiger charge is -1.70. The molecule has 0 saturated heterocycles. The van der Waals surface area contributed by atoms with Crippen molar-refractivity contribution in [2.45, 2.75) is 6.92 Å². The minimum atomic E-state index is 1.38. The van der Waals surface area contributed by atoms with Crippen LogP contribution in [0.5, 0.6) is 0 Å². The Balaban J connectivity index is 0.000000120. The van der Waals surface area contributed by atoms with E-state index in [1.165, 1.54) is 11.2 Å². The van der Waals surface area contributed by atoms with E-state index in [0.717, 1.165) is 0 Å². The van der Waals surface area contributed by atoms with Gasteiger partial charge in [0.15, 0.2) is 0 Å². The Morgan fingerprint density at radius 2 is 1.92 bits per heavy atom. The molecule has 0 spiro atoms. The number of hydrogen-bond acceptors (Lipinski definition) is 3. The molecule has 0 fully saturated rings. The summed E-state index contributed by atoms with van der Waals surface area (Å²) >= 11 is 1.78. The Morgan fingerprint density at radius 3 is 2.08 bits per heavy atom. The van der Waals surface area contributed by atoms with Crippen LogP contribution >= 0.6 is 11.3 Å². The molecule has 0 amide bonds. The molecule has 12 heavy (non-hydrogen) atoms. The van der Waals surface area contributed by atoms with Crippen molar-refractivity contribution in [3.63, 3.8) is 0 Å². The summed E-state index contributed by atoms with van der Waals surface area (Å²) in [6.07, 6.45) is 4.88. The van der Waals surface area contributed by atoms with Crippen LogP contribution in [0.3, 0.4) is 0 Å². The molecular formula is C9H10N2S. The minimum absolute atomic E-state index is 1.38. The molecule has 0 aliphatic carbocycles. The van der Waals surface area contributed by atoms with Gasteiger partial charge in [0.1, 0.15) is 6.33 Å². The van der Waals surface area contributed by atoms with E-state index >= 15 is 0 Å². The van der Waals surface area contributed by atoms with Gasteiger partial charge in [-0.1, -0.05) is 6.07 Å². The Hall–Kier alpha value is -1.22. The highest BCUT2D eigenvalue weighted by Crippen LogP contribution is 2.03. The average molecular weight is 178 g/mol. The predicted octanol–water partition coefficient (Wildman–Crippen LogP) is 2.53. The Morgan fingerprint density at radius 1 is 1.17 bits per heavy atom. The van der Waals surface area contributed by atoms with Gasteiger partial charge in [-0.3, -0.25) is 0 Å². The van der Waals surface area contributed by atoms with Crippen molar-refractivity contribution in [2.75, 3.05) is 0 Å². The van der Waals surface area contributed by atoms with E-state index < -0.39 is 0 Å². The number of nitrogens with zero attached hydrogens (tertiary/aromatic N) is 2. The lowest BCUT2D eigenvalue weighted by Crippen LogP contribution is -1.66. The van der Waals surface area contributed by atoms with Crippen molar-refractivity contribution in [1.82, 2.24) is 9.97 Å². The fourth-order valence-electron chi connectivity index (χ4n) is 0.614. The summed E-state index contributed by atoms with van der Waals surface area (Å²) in [4.78, 5) is 8.73. The highest BCUT2D eigenvalue weighted by atomic mass is 32.1. The van der Waals surface area contributed by atoms with E-state index in [-0.39, 0.29) is 0 Å². The summed E-state index contributed by atoms with van der Waals surface area (Å²) in [5.41, 5.74) is 0. The third-order valence-electron chi connectivity index (χ3n) is 1.14. The van der Waals surface area contributed by atoms with Crippen LogP contribution in [0.1, 0.15) is 4.88 Å². The van der Waals surface area contributed by atoms with Gasteiger partial charge in [-0.15, -0.1) is 11.3 Å². The van der Waals surface area contributed by atoms with E-state index in [4.69, 9.17) is 0 Å². The zero-order valence-corrected chi connectivity index (χ0v) is 7.66. The molecule has 0 saturated carbocycles. The number of aryl methyl sites for hydroxylation is 1. The maximum absolute atomic E-state index is 3.67. The fourth-order valence-corrected chi connectivity index (χ4v) is 1.14. The van der Waals surface area contributed by atoms with Gasteiger partial charge in [0, 0.05) is 17.3 Å². The molecule has 2 aromatic heterocycles. The number of hydrogen-bond donors (Lipinski definition) is 0. The highest BCUT2D eigenvalue weighted by Gasteiger charge is 1.74. The Kier molecular flexibility index (Phi) is 4.02. The Labute approximate surface area is 75.9 Å². The maximum atomic E-state index is 3.67. The topological polar surface area (TPSA) is 25.8 Å².